The van der Waals surface area contributed by atoms with Crippen molar-refractivity contribution in [2.45, 2.75) is 38.0 Å². The molecule has 0 aromatic heterocycles. The molecule has 1 heterocycles. The van der Waals surface area contributed by atoms with Gasteiger partial charge in [0.15, 0.2) is 0 Å². The van der Waals surface area contributed by atoms with Crippen LogP contribution in [-0.4, -0.2) is 29.4 Å². The molecule has 3 aromatic rings. The minimum Gasteiger partial charge on any atom is -0.485 e. The van der Waals surface area contributed by atoms with E-state index in [9.17, 15) is 9.90 Å². The largest absolute Gasteiger partial charge is 0.485 e. The van der Waals surface area contributed by atoms with Crippen LogP contribution >= 0.6 is 12.4 Å². The maximum atomic E-state index is 12.1. The number of benzene rings is 3. The summed E-state index contributed by atoms with van der Waals surface area (Å²) in [6, 6.07) is 24.5. The molecule has 0 saturated carbocycles. The monoisotopic (exact) mass is 467 g/mol. The Kier molecular flexibility index (Phi) is 7.97. The summed E-state index contributed by atoms with van der Waals surface area (Å²) in [5.41, 5.74) is 2.92. The molecule has 0 fully saturated rings. The second kappa shape index (κ2) is 10.7. The highest BCUT2D eigenvalue weighted by molar-refractivity contribution is 5.99. The number of amides is 2. The van der Waals surface area contributed by atoms with Crippen molar-refractivity contribution in [3.8, 4) is 5.75 Å². The summed E-state index contributed by atoms with van der Waals surface area (Å²) in [6.07, 6.45) is 0.135. The lowest BCUT2D eigenvalue weighted by molar-refractivity contribution is -0.0643. The van der Waals surface area contributed by atoms with Gasteiger partial charge in [0.25, 0.3) is 0 Å². The van der Waals surface area contributed by atoms with Crippen molar-refractivity contribution < 1.29 is 14.6 Å². The summed E-state index contributed by atoms with van der Waals surface area (Å²) >= 11 is 0. The fraction of sp³-hybridized carbons (Fsp3) is 0.269. The molecule has 4 rings (SSSR count). The van der Waals surface area contributed by atoms with Crippen LogP contribution < -0.4 is 20.7 Å². The number of hydrogen-bond donors (Lipinski definition) is 4. The molecule has 2 unspecified atom stereocenters. The Labute approximate surface area is 200 Å². The van der Waals surface area contributed by atoms with Crippen LogP contribution in [0, 0.1) is 0 Å². The van der Waals surface area contributed by atoms with Crippen LogP contribution in [-0.2, 0) is 6.42 Å². The molecule has 4 N–H and O–H groups in total. The Morgan fingerprint density at radius 1 is 0.909 bits per heavy atom. The molecule has 0 radical (unpaired) electrons. The summed E-state index contributed by atoms with van der Waals surface area (Å²) < 4.78 is 5.98. The van der Waals surface area contributed by atoms with Crippen molar-refractivity contribution in [1.82, 2.24) is 5.32 Å². The quantitative estimate of drug-likeness (QED) is 0.403. The molecule has 6 nitrogen and oxygen atoms in total. The molecule has 174 valence electrons. The van der Waals surface area contributed by atoms with Gasteiger partial charge < -0.3 is 25.8 Å². The number of carbonyl (C=O) groups excluding carboxylic acids is 1. The highest BCUT2D eigenvalue weighted by atomic mass is 35.5. The number of urea groups is 1. The number of aliphatic hydroxyl groups is 1. The van der Waals surface area contributed by atoms with Gasteiger partial charge >= 0.3 is 6.03 Å². The number of halogens is 1. The van der Waals surface area contributed by atoms with Crippen LogP contribution in [0.25, 0.3) is 0 Å². The Morgan fingerprint density at radius 2 is 1.52 bits per heavy atom. The number of carbonyl (C=O) groups is 1. The summed E-state index contributed by atoms with van der Waals surface area (Å²) in [5, 5.41) is 20.0. The number of aliphatic hydroxyl groups excluding tert-OH is 1. The van der Waals surface area contributed by atoms with Gasteiger partial charge in [-0.3, -0.25) is 0 Å². The van der Waals surface area contributed by atoms with E-state index in [1.54, 1.807) is 0 Å². The third-order valence-electron chi connectivity index (χ3n) is 5.68. The Morgan fingerprint density at radius 3 is 2.21 bits per heavy atom. The lowest BCUT2D eigenvalue weighted by Crippen LogP contribution is -2.52. The molecule has 1 aliphatic heterocycles. The highest BCUT2D eigenvalue weighted by Crippen LogP contribution is 2.39. The van der Waals surface area contributed by atoms with Gasteiger partial charge in [0.1, 0.15) is 17.5 Å². The summed E-state index contributed by atoms with van der Waals surface area (Å²) in [4.78, 5) is 12.1. The molecule has 0 bridgehead atoms. The third-order valence-corrected chi connectivity index (χ3v) is 5.68. The number of nitrogens with one attached hydrogen (secondary N) is 3. The molecule has 7 heteroatoms. The molecule has 1 aliphatic rings. The average Bonchev–Trinajstić information content (AvgIpc) is 2.78. The molecule has 0 aliphatic carbocycles. The van der Waals surface area contributed by atoms with Gasteiger partial charge in [-0.1, -0.05) is 48.5 Å². The van der Waals surface area contributed by atoms with Gasteiger partial charge in [-0.2, -0.15) is 0 Å². The fourth-order valence-corrected chi connectivity index (χ4v) is 3.91. The second-order valence-corrected chi connectivity index (χ2v) is 8.51. The summed E-state index contributed by atoms with van der Waals surface area (Å²) in [5.74, 6) is 0.810. The first-order valence-corrected chi connectivity index (χ1v) is 10.8. The molecule has 0 saturated heterocycles. The Bertz CT molecular complexity index is 1060. The molecule has 2 atom stereocenters. The van der Waals surface area contributed by atoms with Gasteiger partial charge in [0.05, 0.1) is 6.04 Å². The first-order chi connectivity index (χ1) is 15.4. The van der Waals surface area contributed by atoms with E-state index in [4.69, 9.17) is 4.74 Å². The van der Waals surface area contributed by atoms with Crippen molar-refractivity contribution >= 4 is 29.8 Å². The number of rotatable bonds is 6. The minimum absolute atomic E-state index is 0. The maximum Gasteiger partial charge on any atom is 0.323 e. The van der Waals surface area contributed by atoms with Crippen molar-refractivity contribution in [2.75, 3.05) is 17.2 Å². The van der Waals surface area contributed by atoms with E-state index in [-0.39, 0.29) is 24.5 Å². The molecule has 0 spiro atoms. The number of para-hydroxylation sites is 2. The smallest absolute Gasteiger partial charge is 0.323 e. The van der Waals surface area contributed by atoms with E-state index < -0.39 is 11.7 Å². The van der Waals surface area contributed by atoms with E-state index in [0.717, 1.165) is 34.7 Å². The van der Waals surface area contributed by atoms with Crippen LogP contribution in [0.15, 0.2) is 78.9 Å². The van der Waals surface area contributed by atoms with Crippen molar-refractivity contribution in [2.24, 2.45) is 0 Å². The summed E-state index contributed by atoms with van der Waals surface area (Å²) in [7, 11) is 0. The number of ether oxygens (including phenoxy) is 1. The van der Waals surface area contributed by atoms with Gasteiger partial charge in [-0.15, -0.1) is 12.4 Å². The van der Waals surface area contributed by atoms with E-state index in [2.05, 4.69) is 16.0 Å². The lowest BCUT2D eigenvalue weighted by atomic mass is 9.86. The van der Waals surface area contributed by atoms with E-state index in [1.807, 2.05) is 92.7 Å². The number of fused-ring (bicyclic) bond motifs is 1. The van der Waals surface area contributed by atoms with Gasteiger partial charge in [-0.25, -0.2) is 4.79 Å². The Hall–Kier alpha value is -3.06. The molecule has 3 aromatic carbocycles. The number of anilines is 2. The zero-order valence-electron chi connectivity index (χ0n) is 18.7. The molecule has 33 heavy (non-hydrogen) atoms. The van der Waals surface area contributed by atoms with Crippen LogP contribution in [0.1, 0.15) is 31.0 Å². The van der Waals surface area contributed by atoms with Crippen molar-refractivity contribution in [3.05, 3.63) is 90.0 Å². The van der Waals surface area contributed by atoms with Gasteiger partial charge in [-0.05, 0) is 62.7 Å². The van der Waals surface area contributed by atoms with Crippen molar-refractivity contribution in [3.63, 3.8) is 0 Å². The third kappa shape index (κ3) is 6.05. The topological polar surface area (TPSA) is 82.6 Å². The zero-order chi connectivity index (χ0) is 22.6. The van der Waals surface area contributed by atoms with Crippen LogP contribution in [0.5, 0.6) is 5.75 Å². The van der Waals surface area contributed by atoms with Crippen LogP contribution in [0.3, 0.4) is 0 Å². The van der Waals surface area contributed by atoms with Crippen molar-refractivity contribution in [1.29, 1.82) is 0 Å². The first-order valence-electron chi connectivity index (χ1n) is 10.8. The first kappa shape index (κ1) is 24.6. The fourth-order valence-electron chi connectivity index (χ4n) is 3.91. The van der Waals surface area contributed by atoms with Gasteiger partial charge in [0, 0.05) is 16.9 Å². The highest BCUT2D eigenvalue weighted by Gasteiger charge is 2.42. The SMILES string of the molecule is CC1(C)Oc2ccccc2C(NCCc2ccc(NC(=O)Nc3ccccc3)cc2)C1O.Cl. The van der Waals surface area contributed by atoms with Crippen LogP contribution in [0.4, 0.5) is 16.2 Å². The molecular weight excluding hydrogens is 438 g/mol. The van der Waals surface area contributed by atoms with E-state index >= 15 is 0 Å². The minimum atomic E-state index is -0.667. The van der Waals surface area contributed by atoms with Gasteiger partial charge in [0.2, 0.25) is 0 Å². The predicted molar refractivity (Wildman–Crippen MR) is 134 cm³/mol. The standard InChI is InChI=1S/C26H29N3O3.ClH/c1-26(2)24(30)23(21-10-6-7-11-22(21)32-26)27-17-16-18-12-14-20(15-13-18)29-25(31)28-19-8-4-3-5-9-19;/h3-15,23-24,27,30H,16-17H2,1-2H3,(H2,28,29,31);1H. The van der Waals surface area contributed by atoms with E-state index in [1.165, 1.54) is 0 Å². The molecule has 2 amide bonds. The zero-order valence-corrected chi connectivity index (χ0v) is 19.6. The maximum absolute atomic E-state index is 12.1. The average molecular weight is 468 g/mol. The van der Waals surface area contributed by atoms with Crippen LogP contribution in [0.2, 0.25) is 0 Å². The second-order valence-electron chi connectivity index (χ2n) is 8.51. The van der Waals surface area contributed by atoms with E-state index in [0.29, 0.717) is 6.54 Å². The number of hydrogen-bond acceptors (Lipinski definition) is 4. The molecular formula is C26H30ClN3O3. The predicted octanol–water partition coefficient (Wildman–Crippen LogP) is 5.16. The normalized spacial score (nSPS) is 18.3. The summed E-state index contributed by atoms with van der Waals surface area (Å²) in [6.45, 7) is 4.51. The Balaban J connectivity index is 0.00000306. The lowest BCUT2D eigenvalue weighted by Gasteiger charge is -2.42.